The Morgan fingerprint density at radius 2 is 2.09 bits per heavy atom. The molecule has 2 aliphatic rings. The van der Waals surface area contributed by atoms with Gasteiger partial charge < -0.3 is 10.6 Å². The van der Waals surface area contributed by atoms with Crippen LogP contribution >= 0.6 is 0 Å². The highest BCUT2D eigenvalue weighted by Crippen LogP contribution is 2.34. The number of fused-ring (bicyclic) bond motifs is 2. The summed E-state index contributed by atoms with van der Waals surface area (Å²) in [6, 6.07) is 8.81. The van der Waals surface area contributed by atoms with Crippen LogP contribution in [0.2, 0.25) is 0 Å². The van der Waals surface area contributed by atoms with E-state index >= 15 is 0 Å². The molecule has 0 radical (unpaired) electrons. The number of benzene rings is 1. The Morgan fingerprint density at radius 3 is 2.88 bits per heavy atom. The molecule has 9 nitrogen and oxygen atoms in total. The Bertz CT molecular complexity index is 1420. The normalized spacial score (nSPS) is 17.3. The summed E-state index contributed by atoms with van der Waals surface area (Å²) in [5, 5.41) is 12.1. The van der Waals surface area contributed by atoms with Crippen molar-refractivity contribution in [3.8, 4) is 5.82 Å². The largest absolute Gasteiger partial charge is 0.324 e. The molecule has 0 unspecified atom stereocenters. The number of nitrogens with zero attached hydrogens (tertiary/aromatic N) is 6. The lowest BCUT2D eigenvalue weighted by atomic mass is 9.85. The summed E-state index contributed by atoms with van der Waals surface area (Å²) in [5.41, 5.74) is 3.99. The standard InChI is InChI=1S/C24H28N8O/c1-4-31-22(33)18-14-25-23(27-16-5-8-19-15(13-16)9-11-26-24(19,2)3)28-21(18)32(31)20-10-12-30(29-20)17-6-7-17/h5,8,10,12-14,17,26H,4,6-7,9,11H2,1-3H3,(H,25,27,28). The molecule has 4 aromatic rings. The molecule has 9 heteroatoms. The van der Waals surface area contributed by atoms with Crippen LogP contribution in [0.5, 0.6) is 0 Å². The molecular weight excluding hydrogens is 416 g/mol. The van der Waals surface area contributed by atoms with Gasteiger partial charge in [0.05, 0.1) is 6.04 Å². The van der Waals surface area contributed by atoms with E-state index in [1.807, 2.05) is 28.6 Å². The Hall–Kier alpha value is -3.46. The maximum atomic E-state index is 13.0. The summed E-state index contributed by atoms with van der Waals surface area (Å²) in [7, 11) is 0. The van der Waals surface area contributed by atoms with E-state index in [4.69, 9.17) is 10.1 Å². The first-order valence-electron chi connectivity index (χ1n) is 11.6. The molecule has 33 heavy (non-hydrogen) atoms. The van der Waals surface area contributed by atoms with Crippen molar-refractivity contribution >= 4 is 22.7 Å². The van der Waals surface area contributed by atoms with Crippen LogP contribution in [-0.4, -0.2) is 35.7 Å². The first-order valence-corrected chi connectivity index (χ1v) is 11.6. The van der Waals surface area contributed by atoms with Crippen LogP contribution in [0, 0.1) is 0 Å². The summed E-state index contributed by atoms with van der Waals surface area (Å²) in [6.07, 6.45) is 6.87. The van der Waals surface area contributed by atoms with Gasteiger partial charge in [0.15, 0.2) is 11.5 Å². The molecule has 1 saturated carbocycles. The molecule has 0 saturated heterocycles. The Labute approximate surface area is 191 Å². The van der Waals surface area contributed by atoms with Crippen molar-refractivity contribution in [2.45, 2.75) is 58.2 Å². The van der Waals surface area contributed by atoms with Crippen molar-refractivity contribution in [2.75, 3.05) is 11.9 Å². The van der Waals surface area contributed by atoms with Gasteiger partial charge in [-0.15, -0.1) is 0 Å². The first kappa shape index (κ1) is 20.2. The Balaban J connectivity index is 1.40. The van der Waals surface area contributed by atoms with Crippen LogP contribution in [0.15, 0.2) is 41.5 Å². The van der Waals surface area contributed by atoms with E-state index < -0.39 is 0 Å². The van der Waals surface area contributed by atoms with Gasteiger partial charge in [-0.2, -0.15) is 10.1 Å². The second kappa shape index (κ2) is 7.28. The van der Waals surface area contributed by atoms with Crippen molar-refractivity contribution < 1.29 is 0 Å². The summed E-state index contributed by atoms with van der Waals surface area (Å²) >= 11 is 0. The summed E-state index contributed by atoms with van der Waals surface area (Å²) in [4.78, 5) is 22.2. The lowest BCUT2D eigenvalue weighted by Gasteiger charge is -2.34. The highest BCUT2D eigenvalue weighted by atomic mass is 16.1. The second-order valence-electron chi connectivity index (χ2n) is 9.45. The van der Waals surface area contributed by atoms with Gasteiger partial charge in [0.25, 0.3) is 5.56 Å². The van der Waals surface area contributed by atoms with E-state index in [1.54, 1.807) is 10.9 Å². The Kier molecular flexibility index (Phi) is 4.45. The van der Waals surface area contributed by atoms with E-state index in [-0.39, 0.29) is 11.1 Å². The maximum absolute atomic E-state index is 13.0. The van der Waals surface area contributed by atoms with Crippen molar-refractivity contribution in [1.82, 2.24) is 34.4 Å². The van der Waals surface area contributed by atoms with Gasteiger partial charge in [-0.3, -0.25) is 9.48 Å². The van der Waals surface area contributed by atoms with Crippen molar-refractivity contribution in [1.29, 1.82) is 0 Å². The van der Waals surface area contributed by atoms with Gasteiger partial charge in [-0.25, -0.2) is 14.3 Å². The van der Waals surface area contributed by atoms with E-state index in [0.29, 0.717) is 35.4 Å². The monoisotopic (exact) mass is 444 g/mol. The molecule has 2 N–H and O–H groups in total. The van der Waals surface area contributed by atoms with Gasteiger partial charge in [-0.1, -0.05) is 6.07 Å². The smallest absolute Gasteiger partial charge is 0.278 e. The van der Waals surface area contributed by atoms with Crippen molar-refractivity contribution in [2.24, 2.45) is 0 Å². The molecule has 3 aromatic heterocycles. The highest BCUT2D eigenvalue weighted by molar-refractivity contribution is 5.77. The first-order chi connectivity index (χ1) is 15.9. The average molecular weight is 445 g/mol. The van der Waals surface area contributed by atoms with Gasteiger partial charge in [0.2, 0.25) is 5.95 Å². The molecule has 1 aliphatic carbocycles. The summed E-state index contributed by atoms with van der Waals surface area (Å²) in [6.45, 7) is 7.83. The lowest BCUT2D eigenvalue weighted by Crippen LogP contribution is -2.42. The topological polar surface area (TPSA) is 94.6 Å². The van der Waals surface area contributed by atoms with E-state index in [0.717, 1.165) is 31.5 Å². The highest BCUT2D eigenvalue weighted by Gasteiger charge is 2.27. The summed E-state index contributed by atoms with van der Waals surface area (Å²) in [5.74, 6) is 1.16. The number of hydrogen-bond acceptors (Lipinski definition) is 6. The lowest BCUT2D eigenvalue weighted by molar-refractivity contribution is 0.382. The molecule has 1 fully saturated rings. The second-order valence-corrected chi connectivity index (χ2v) is 9.45. The zero-order chi connectivity index (χ0) is 22.7. The number of nitrogens with one attached hydrogen (secondary N) is 2. The molecule has 1 aliphatic heterocycles. The molecule has 4 heterocycles. The minimum atomic E-state index is -0.108. The predicted octanol–water partition coefficient (Wildman–Crippen LogP) is 3.26. The molecule has 0 amide bonds. The van der Waals surface area contributed by atoms with E-state index in [1.165, 1.54) is 11.1 Å². The number of aromatic nitrogens is 6. The fourth-order valence-electron chi connectivity index (χ4n) is 4.81. The van der Waals surface area contributed by atoms with Crippen LogP contribution in [0.4, 0.5) is 11.6 Å². The quantitative estimate of drug-likeness (QED) is 0.491. The van der Waals surface area contributed by atoms with Crippen LogP contribution in [-0.2, 0) is 18.5 Å². The van der Waals surface area contributed by atoms with Crippen LogP contribution in [0.25, 0.3) is 16.9 Å². The van der Waals surface area contributed by atoms with Gasteiger partial charge >= 0.3 is 0 Å². The molecule has 170 valence electrons. The Morgan fingerprint density at radius 1 is 1.24 bits per heavy atom. The maximum Gasteiger partial charge on any atom is 0.278 e. The fourth-order valence-corrected chi connectivity index (χ4v) is 4.81. The third kappa shape index (κ3) is 3.34. The van der Waals surface area contributed by atoms with Gasteiger partial charge in [0.1, 0.15) is 5.39 Å². The minimum Gasteiger partial charge on any atom is -0.324 e. The zero-order valence-corrected chi connectivity index (χ0v) is 19.2. The SMILES string of the molecule is CCn1c(=O)c2cnc(Nc3ccc4c(c3)CCNC4(C)C)nc2n1-c1ccn(C2CC2)n1. The number of anilines is 2. The van der Waals surface area contributed by atoms with Crippen molar-refractivity contribution in [3.05, 3.63) is 58.1 Å². The number of rotatable bonds is 5. The van der Waals surface area contributed by atoms with Crippen LogP contribution in [0.3, 0.4) is 0 Å². The molecule has 0 atom stereocenters. The van der Waals surface area contributed by atoms with Crippen LogP contribution < -0.4 is 16.2 Å². The average Bonchev–Trinajstić information content (AvgIpc) is 3.46. The third-order valence-corrected chi connectivity index (χ3v) is 6.70. The molecule has 0 bridgehead atoms. The van der Waals surface area contributed by atoms with Gasteiger partial charge in [0, 0.05) is 36.2 Å². The van der Waals surface area contributed by atoms with Gasteiger partial charge in [-0.05, 0) is 69.8 Å². The number of hydrogen-bond donors (Lipinski definition) is 2. The van der Waals surface area contributed by atoms with E-state index in [2.05, 4.69) is 47.7 Å². The molecule has 1 aromatic carbocycles. The fraction of sp³-hybridized carbons (Fsp3) is 0.417. The molecule has 6 rings (SSSR count). The van der Waals surface area contributed by atoms with Crippen LogP contribution in [0.1, 0.15) is 50.8 Å². The minimum absolute atomic E-state index is 0.0372. The third-order valence-electron chi connectivity index (χ3n) is 6.70. The summed E-state index contributed by atoms with van der Waals surface area (Å²) < 4.78 is 5.45. The molecule has 0 spiro atoms. The predicted molar refractivity (Wildman–Crippen MR) is 127 cm³/mol. The van der Waals surface area contributed by atoms with Crippen molar-refractivity contribution in [3.63, 3.8) is 0 Å². The zero-order valence-electron chi connectivity index (χ0n) is 19.2. The van der Waals surface area contributed by atoms with E-state index in [9.17, 15) is 4.79 Å². The molecular formula is C24H28N8O.